The molecule has 0 aromatic carbocycles. The van der Waals surface area contributed by atoms with Gasteiger partial charge >= 0.3 is 0 Å². The number of hydrogen-bond donors (Lipinski definition) is 0. The first-order chi connectivity index (χ1) is 8.61. The summed E-state index contributed by atoms with van der Waals surface area (Å²) in [6, 6.07) is 3.27. The third kappa shape index (κ3) is 2.45. The standard InChI is InChI=1S/C13H14FN3O/c1-3-9-6-10(17(2)16-9)7-13(18)11-4-5-15-8-12(11)14/h4-6,8H,3,7H2,1-2H3. The van der Waals surface area contributed by atoms with E-state index in [2.05, 4.69) is 10.1 Å². The molecule has 0 saturated heterocycles. The molecule has 18 heavy (non-hydrogen) atoms. The number of pyridine rings is 1. The number of nitrogens with zero attached hydrogens (tertiary/aromatic N) is 3. The third-order valence-electron chi connectivity index (χ3n) is 2.80. The molecular weight excluding hydrogens is 233 g/mol. The number of carbonyl (C=O) groups excluding carboxylic acids is 1. The fourth-order valence-corrected chi connectivity index (χ4v) is 1.77. The van der Waals surface area contributed by atoms with Gasteiger partial charge in [0, 0.05) is 18.9 Å². The molecule has 0 fully saturated rings. The Morgan fingerprint density at radius 3 is 2.89 bits per heavy atom. The largest absolute Gasteiger partial charge is 0.294 e. The van der Waals surface area contributed by atoms with Crippen molar-refractivity contribution < 1.29 is 9.18 Å². The van der Waals surface area contributed by atoms with E-state index in [4.69, 9.17) is 0 Å². The number of aryl methyl sites for hydroxylation is 2. The Bertz CT molecular complexity index is 577. The van der Waals surface area contributed by atoms with Gasteiger partial charge in [-0.3, -0.25) is 14.5 Å². The average Bonchev–Trinajstić information content (AvgIpc) is 2.70. The summed E-state index contributed by atoms with van der Waals surface area (Å²) >= 11 is 0. The lowest BCUT2D eigenvalue weighted by Crippen LogP contribution is -2.09. The normalized spacial score (nSPS) is 10.6. The van der Waals surface area contributed by atoms with Crippen LogP contribution < -0.4 is 0 Å². The van der Waals surface area contributed by atoms with Crippen LogP contribution in [0.25, 0.3) is 0 Å². The second kappa shape index (κ2) is 5.08. The number of hydrogen-bond acceptors (Lipinski definition) is 3. The van der Waals surface area contributed by atoms with Gasteiger partial charge in [0.25, 0.3) is 0 Å². The molecule has 2 rings (SSSR count). The van der Waals surface area contributed by atoms with Crippen LogP contribution in [0.1, 0.15) is 28.7 Å². The molecule has 0 aliphatic heterocycles. The Balaban J connectivity index is 2.21. The minimum atomic E-state index is -0.583. The third-order valence-corrected chi connectivity index (χ3v) is 2.80. The van der Waals surface area contributed by atoms with Crippen molar-refractivity contribution in [3.8, 4) is 0 Å². The molecule has 0 atom stereocenters. The van der Waals surface area contributed by atoms with Crippen molar-refractivity contribution in [2.75, 3.05) is 0 Å². The lowest BCUT2D eigenvalue weighted by atomic mass is 10.1. The molecule has 2 aromatic rings. The molecule has 0 radical (unpaired) electrons. The maximum atomic E-state index is 13.4. The molecule has 2 aromatic heterocycles. The van der Waals surface area contributed by atoms with Crippen LogP contribution in [0, 0.1) is 5.82 Å². The summed E-state index contributed by atoms with van der Waals surface area (Å²) in [5.74, 6) is -0.846. The van der Waals surface area contributed by atoms with Crippen LogP contribution in [0.4, 0.5) is 4.39 Å². The van der Waals surface area contributed by atoms with Crippen LogP contribution in [0.3, 0.4) is 0 Å². The average molecular weight is 247 g/mol. The van der Waals surface area contributed by atoms with E-state index in [1.54, 1.807) is 11.7 Å². The van der Waals surface area contributed by atoms with Crippen LogP contribution in [-0.2, 0) is 19.9 Å². The molecule has 5 heteroatoms. The first-order valence-corrected chi connectivity index (χ1v) is 5.76. The second-order valence-corrected chi connectivity index (χ2v) is 4.06. The molecule has 0 amide bonds. The topological polar surface area (TPSA) is 47.8 Å². The predicted octanol–water partition coefficient (Wildman–Crippen LogP) is 1.94. The van der Waals surface area contributed by atoms with Gasteiger partial charge < -0.3 is 0 Å². The summed E-state index contributed by atoms with van der Waals surface area (Å²) in [4.78, 5) is 15.6. The minimum absolute atomic E-state index is 0.0734. The van der Waals surface area contributed by atoms with Crippen molar-refractivity contribution in [2.24, 2.45) is 7.05 Å². The van der Waals surface area contributed by atoms with Crippen molar-refractivity contribution in [1.29, 1.82) is 0 Å². The highest BCUT2D eigenvalue weighted by Gasteiger charge is 2.14. The summed E-state index contributed by atoms with van der Waals surface area (Å²) < 4.78 is 15.1. The molecule has 0 aliphatic carbocycles. The van der Waals surface area contributed by atoms with Crippen LogP contribution in [0.15, 0.2) is 24.5 Å². The van der Waals surface area contributed by atoms with Crippen molar-refractivity contribution in [2.45, 2.75) is 19.8 Å². The maximum absolute atomic E-state index is 13.4. The van der Waals surface area contributed by atoms with Gasteiger partial charge in [0.2, 0.25) is 0 Å². The zero-order valence-corrected chi connectivity index (χ0v) is 10.4. The van der Waals surface area contributed by atoms with Gasteiger partial charge in [0.15, 0.2) is 11.6 Å². The number of rotatable bonds is 4. The predicted molar refractivity (Wildman–Crippen MR) is 64.8 cm³/mol. The Morgan fingerprint density at radius 2 is 2.28 bits per heavy atom. The fraction of sp³-hybridized carbons (Fsp3) is 0.308. The molecule has 0 aliphatic rings. The van der Waals surface area contributed by atoms with Gasteiger partial charge in [-0.1, -0.05) is 6.92 Å². The number of ketones is 1. The smallest absolute Gasteiger partial charge is 0.171 e. The van der Waals surface area contributed by atoms with E-state index in [0.717, 1.165) is 24.0 Å². The fourth-order valence-electron chi connectivity index (χ4n) is 1.77. The number of halogens is 1. The van der Waals surface area contributed by atoms with E-state index in [1.165, 1.54) is 12.3 Å². The highest BCUT2D eigenvalue weighted by Crippen LogP contribution is 2.11. The Hall–Kier alpha value is -2.04. The van der Waals surface area contributed by atoms with E-state index in [-0.39, 0.29) is 17.8 Å². The second-order valence-electron chi connectivity index (χ2n) is 4.06. The van der Waals surface area contributed by atoms with E-state index < -0.39 is 5.82 Å². The van der Waals surface area contributed by atoms with Crippen LogP contribution in [0.2, 0.25) is 0 Å². The van der Waals surface area contributed by atoms with Gasteiger partial charge in [-0.15, -0.1) is 0 Å². The molecule has 0 bridgehead atoms. The van der Waals surface area contributed by atoms with Crippen molar-refractivity contribution in [1.82, 2.24) is 14.8 Å². The van der Waals surface area contributed by atoms with Crippen molar-refractivity contribution in [3.63, 3.8) is 0 Å². The lowest BCUT2D eigenvalue weighted by molar-refractivity contribution is 0.0986. The first kappa shape index (κ1) is 12.4. The van der Waals surface area contributed by atoms with E-state index in [0.29, 0.717) is 0 Å². The summed E-state index contributed by atoms with van der Waals surface area (Å²) in [6.07, 6.45) is 3.42. The van der Waals surface area contributed by atoms with Gasteiger partial charge in [-0.25, -0.2) is 4.39 Å². The van der Waals surface area contributed by atoms with Crippen LogP contribution in [-0.4, -0.2) is 20.5 Å². The number of Topliss-reactive ketones (excluding diaryl/α,β-unsaturated/α-hetero) is 1. The summed E-state index contributed by atoms with van der Waals surface area (Å²) in [5, 5.41) is 4.26. The quantitative estimate of drug-likeness (QED) is 0.776. The van der Waals surface area contributed by atoms with E-state index in [9.17, 15) is 9.18 Å². The monoisotopic (exact) mass is 247 g/mol. The summed E-state index contributed by atoms with van der Waals surface area (Å²) in [7, 11) is 1.78. The molecule has 0 unspecified atom stereocenters. The van der Waals surface area contributed by atoms with Crippen molar-refractivity contribution >= 4 is 5.78 Å². The van der Waals surface area contributed by atoms with Gasteiger partial charge in [0.05, 0.1) is 23.9 Å². The number of aromatic nitrogens is 3. The van der Waals surface area contributed by atoms with Crippen molar-refractivity contribution in [3.05, 3.63) is 47.3 Å². The van der Waals surface area contributed by atoms with Gasteiger partial charge in [-0.05, 0) is 18.6 Å². The minimum Gasteiger partial charge on any atom is -0.294 e. The molecule has 0 N–H and O–H groups in total. The maximum Gasteiger partial charge on any atom is 0.171 e. The molecule has 0 spiro atoms. The van der Waals surface area contributed by atoms with Gasteiger partial charge in [0.1, 0.15) is 0 Å². The molecule has 94 valence electrons. The van der Waals surface area contributed by atoms with Gasteiger partial charge in [-0.2, -0.15) is 5.10 Å². The SMILES string of the molecule is CCc1cc(CC(=O)c2ccncc2F)n(C)n1. The Morgan fingerprint density at radius 1 is 1.50 bits per heavy atom. The number of carbonyl (C=O) groups is 1. The molecule has 4 nitrogen and oxygen atoms in total. The summed E-state index contributed by atoms with van der Waals surface area (Å²) in [6.45, 7) is 2.00. The van der Waals surface area contributed by atoms with E-state index in [1.807, 2.05) is 13.0 Å². The molecular formula is C13H14FN3O. The van der Waals surface area contributed by atoms with Crippen LogP contribution >= 0.6 is 0 Å². The zero-order valence-electron chi connectivity index (χ0n) is 10.4. The lowest BCUT2D eigenvalue weighted by Gasteiger charge is -2.02. The molecule has 2 heterocycles. The first-order valence-electron chi connectivity index (χ1n) is 5.76. The zero-order chi connectivity index (χ0) is 13.1. The Kier molecular flexibility index (Phi) is 3.50. The summed E-state index contributed by atoms with van der Waals surface area (Å²) in [5.41, 5.74) is 1.79. The molecule has 0 saturated carbocycles. The highest BCUT2D eigenvalue weighted by molar-refractivity contribution is 5.97. The highest BCUT2D eigenvalue weighted by atomic mass is 19.1. The van der Waals surface area contributed by atoms with E-state index >= 15 is 0 Å². The Labute approximate surface area is 104 Å². The van der Waals surface area contributed by atoms with Crippen LogP contribution in [0.5, 0.6) is 0 Å².